The highest BCUT2D eigenvalue weighted by atomic mass is 19.1. The first kappa shape index (κ1) is 15.0. The summed E-state index contributed by atoms with van der Waals surface area (Å²) >= 11 is 0. The summed E-state index contributed by atoms with van der Waals surface area (Å²) in [7, 11) is 0. The van der Waals surface area contributed by atoms with Gasteiger partial charge in [-0.2, -0.15) is 0 Å². The second-order valence-corrected chi connectivity index (χ2v) is 4.87. The van der Waals surface area contributed by atoms with Crippen molar-refractivity contribution in [2.75, 3.05) is 6.54 Å². The van der Waals surface area contributed by atoms with Gasteiger partial charge in [-0.3, -0.25) is 4.98 Å². The monoisotopic (exact) mass is 264 g/mol. The Bertz CT molecular complexity index is 498. The van der Waals surface area contributed by atoms with Gasteiger partial charge in [-0.05, 0) is 26.8 Å². The van der Waals surface area contributed by atoms with Crippen LogP contribution in [0.15, 0.2) is 18.5 Å². The van der Waals surface area contributed by atoms with E-state index in [-0.39, 0.29) is 0 Å². The van der Waals surface area contributed by atoms with Crippen molar-refractivity contribution in [3.8, 4) is 11.8 Å². The SMILES string of the molecule is CC(C)(C)OC(=O)NCCC#Cc1cncc(F)c1. The van der Waals surface area contributed by atoms with Crippen LogP contribution in [-0.2, 0) is 4.74 Å². The number of carbonyl (C=O) groups excluding carboxylic acids is 1. The molecule has 1 N–H and O–H groups in total. The molecule has 0 fully saturated rings. The molecule has 0 aliphatic heterocycles. The van der Waals surface area contributed by atoms with E-state index in [0.717, 1.165) is 6.20 Å². The third-order valence-electron chi connectivity index (χ3n) is 1.86. The summed E-state index contributed by atoms with van der Waals surface area (Å²) < 4.78 is 17.9. The van der Waals surface area contributed by atoms with Gasteiger partial charge < -0.3 is 10.1 Å². The number of hydrogen-bond donors (Lipinski definition) is 1. The molecule has 0 spiro atoms. The van der Waals surface area contributed by atoms with Gasteiger partial charge in [0.2, 0.25) is 0 Å². The Balaban J connectivity index is 2.30. The van der Waals surface area contributed by atoms with Gasteiger partial charge in [-0.25, -0.2) is 9.18 Å². The average Bonchev–Trinajstić information content (AvgIpc) is 2.26. The lowest BCUT2D eigenvalue weighted by molar-refractivity contribution is 0.0529. The molecule has 1 aromatic rings. The predicted molar refractivity (Wildman–Crippen MR) is 69.9 cm³/mol. The lowest BCUT2D eigenvalue weighted by Crippen LogP contribution is -2.32. The van der Waals surface area contributed by atoms with E-state index < -0.39 is 17.5 Å². The molecular weight excluding hydrogens is 247 g/mol. The van der Waals surface area contributed by atoms with E-state index in [4.69, 9.17) is 4.74 Å². The van der Waals surface area contributed by atoms with Crippen molar-refractivity contribution in [3.05, 3.63) is 29.8 Å². The summed E-state index contributed by atoms with van der Waals surface area (Å²) in [6.45, 7) is 5.76. The average molecular weight is 264 g/mol. The number of ether oxygens (including phenoxy) is 1. The van der Waals surface area contributed by atoms with Crippen molar-refractivity contribution in [2.24, 2.45) is 0 Å². The summed E-state index contributed by atoms with van der Waals surface area (Å²) in [5.41, 5.74) is 0.000443. The second kappa shape index (κ2) is 6.74. The molecule has 0 unspecified atom stereocenters. The van der Waals surface area contributed by atoms with Crippen molar-refractivity contribution >= 4 is 6.09 Å². The topological polar surface area (TPSA) is 51.2 Å². The Morgan fingerprint density at radius 2 is 2.21 bits per heavy atom. The zero-order chi connectivity index (χ0) is 14.3. The number of halogens is 1. The molecule has 4 nitrogen and oxygen atoms in total. The van der Waals surface area contributed by atoms with Crippen LogP contribution in [-0.4, -0.2) is 23.2 Å². The van der Waals surface area contributed by atoms with Gasteiger partial charge in [-0.15, -0.1) is 0 Å². The second-order valence-electron chi connectivity index (χ2n) is 4.87. The maximum atomic E-state index is 12.8. The molecular formula is C14H17FN2O2. The fourth-order valence-corrected chi connectivity index (χ4v) is 1.19. The van der Waals surface area contributed by atoms with Gasteiger partial charge in [0.15, 0.2) is 0 Å². The van der Waals surface area contributed by atoms with Crippen LogP contribution in [0.3, 0.4) is 0 Å². The standard InChI is InChI=1S/C14H17FN2O2/c1-14(2,3)19-13(18)17-7-5-4-6-11-8-12(15)10-16-9-11/h8-10H,5,7H2,1-3H3,(H,17,18). The van der Waals surface area contributed by atoms with Gasteiger partial charge in [0.1, 0.15) is 11.4 Å². The fraction of sp³-hybridized carbons (Fsp3) is 0.429. The molecule has 1 rings (SSSR count). The van der Waals surface area contributed by atoms with Gasteiger partial charge in [0.05, 0.1) is 6.20 Å². The maximum absolute atomic E-state index is 12.8. The lowest BCUT2D eigenvalue weighted by atomic mass is 10.2. The number of rotatable bonds is 2. The first-order valence-corrected chi connectivity index (χ1v) is 5.93. The molecule has 0 aliphatic carbocycles. The van der Waals surface area contributed by atoms with Gasteiger partial charge in [0, 0.05) is 24.7 Å². The van der Waals surface area contributed by atoms with E-state index in [1.807, 2.05) is 0 Å². The minimum absolute atomic E-state index is 0.380. The molecule has 0 saturated carbocycles. The summed E-state index contributed by atoms with van der Waals surface area (Å²) in [5.74, 6) is 5.17. The minimum Gasteiger partial charge on any atom is -0.444 e. The minimum atomic E-state index is -0.511. The Morgan fingerprint density at radius 1 is 1.47 bits per heavy atom. The van der Waals surface area contributed by atoms with Crippen molar-refractivity contribution in [3.63, 3.8) is 0 Å². The molecule has 0 aliphatic rings. The van der Waals surface area contributed by atoms with Crippen molar-refractivity contribution in [2.45, 2.75) is 32.8 Å². The molecule has 19 heavy (non-hydrogen) atoms. The Kier molecular flexibility index (Phi) is 5.31. The Hall–Kier alpha value is -2.09. The van der Waals surface area contributed by atoms with Crippen LogP contribution in [0.2, 0.25) is 0 Å². The maximum Gasteiger partial charge on any atom is 0.407 e. The zero-order valence-corrected chi connectivity index (χ0v) is 11.3. The third kappa shape index (κ3) is 7.04. The van der Waals surface area contributed by atoms with Crippen molar-refractivity contribution < 1.29 is 13.9 Å². The summed E-state index contributed by atoms with van der Waals surface area (Å²) in [6.07, 6.45) is 2.59. The van der Waals surface area contributed by atoms with E-state index in [1.54, 1.807) is 20.8 Å². The summed E-state index contributed by atoms with van der Waals surface area (Å²) in [6, 6.07) is 1.31. The molecule has 102 valence electrons. The van der Waals surface area contributed by atoms with Gasteiger partial charge in [0.25, 0.3) is 0 Å². The van der Waals surface area contributed by atoms with Crippen LogP contribution < -0.4 is 5.32 Å². The number of hydrogen-bond acceptors (Lipinski definition) is 3. The van der Waals surface area contributed by atoms with E-state index in [2.05, 4.69) is 22.1 Å². The van der Waals surface area contributed by atoms with Crippen LogP contribution in [0, 0.1) is 17.7 Å². The molecule has 0 bridgehead atoms. The number of aromatic nitrogens is 1. The number of nitrogens with one attached hydrogen (secondary N) is 1. The first-order chi connectivity index (χ1) is 8.87. The van der Waals surface area contributed by atoms with Crippen LogP contribution in [0.1, 0.15) is 32.8 Å². The van der Waals surface area contributed by atoms with Gasteiger partial charge >= 0.3 is 6.09 Å². The van der Waals surface area contributed by atoms with Gasteiger partial charge in [-0.1, -0.05) is 11.8 Å². The normalized spacial score (nSPS) is 10.3. The number of carbonyl (C=O) groups is 1. The van der Waals surface area contributed by atoms with E-state index in [0.29, 0.717) is 18.5 Å². The summed E-state index contributed by atoms with van der Waals surface area (Å²) in [4.78, 5) is 15.0. The van der Waals surface area contributed by atoms with Crippen molar-refractivity contribution in [1.82, 2.24) is 10.3 Å². The Morgan fingerprint density at radius 3 is 2.84 bits per heavy atom. The molecule has 1 amide bonds. The van der Waals surface area contributed by atoms with E-state index in [1.165, 1.54) is 12.3 Å². The molecule has 0 atom stereocenters. The predicted octanol–water partition coefficient (Wildman–Crippen LogP) is 2.49. The van der Waals surface area contributed by atoms with Crippen LogP contribution in [0.25, 0.3) is 0 Å². The number of nitrogens with zero attached hydrogens (tertiary/aromatic N) is 1. The lowest BCUT2D eigenvalue weighted by Gasteiger charge is -2.19. The van der Waals surface area contributed by atoms with E-state index in [9.17, 15) is 9.18 Å². The molecule has 5 heteroatoms. The molecule has 0 saturated heterocycles. The quantitative estimate of drug-likeness (QED) is 0.659. The largest absolute Gasteiger partial charge is 0.444 e. The van der Waals surface area contributed by atoms with Crippen LogP contribution >= 0.6 is 0 Å². The highest BCUT2D eigenvalue weighted by Crippen LogP contribution is 2.06. The van der Waals surface area contributed by atoms with E-state index >= 15 is 0 Å². The molecule has 1 aromatic heterocycles. The smallest absolute Gasteiger partial charge is 0.407 e. The molecule has 0 aromatic carbocycles. The van der Waals surface area contributed by atoms with Crippen LogP contribution in [0.4, 0.5) is 9.18 Å². The molecule has 1 heterocycles. The molecule has 0 radical (unpaired) electrons. The third-order valence-corrected chi connectivity index (χ3v) is 1.86. The first-order valence-electron chi connectivity index (χ1n) is 5.93. The van der Waals surface area contributed by atoms with Crippen LogP contribution in [0.5, 0.6) is 0 Å². The highest BCUT2D eigenvalue weighted by molar-refractivity contribution is 5.67. The summed E-state index contributed by atoms with van der Waals surface area (Å²) in [5, 5.41) is 2.58. The highest BCUT2D eigenvalue weighted by Gasteiger charge is 2.15. The fourth-order valence-electron chi connectivity index (χ4n) is 1.19. The van der Waals surface area contributed by atoms with Crippen molar-refractivity contribution in [1.29, 1.82) is 0 Å². The number of pyridine rings is 1. The number of amides is 1. The zero-order valence-electron chi connectivity index (χ0n) is 11.3. The Labute approximate surface area is 112 Å². The number of alkyl carbamates (subject to hydrolysis) is 1.